The van der Waals surface area contributed by atoms with Gasteiger partial charge < -0.3 is 11.1 Å². The van der Waals surface area contributed by atoms with Gasteiger partial charge in [0.25, 0.3) is 0 Å². The van der Waals surface area contributed by atoms with Crippen molar-refractivity contribution in [3.8, 4) is 0 Å². The van der Waals surface area contributed by atoms with Gasteiger partial charge in [-0.15, -0.1) is 0 Å². The molecule has 15 heavy (non-hydrogen) atoms. The highest BCUT2D eigenvalue weighted by Crippen LogP contribution is 2.10. The van der Waals surface area contributed by atoms with E-state index in [1.807, 2.05) is 27.7 Å². The topological polar surface area (TPSA) is 67.5 Å². The van der Waals surface area contributed by atoms with Crippen LogP contribution in [-0.4, -0.2) is 33.8 Å². The SMILES string of the molecule is CCCN=C(N)NCCS(=O)C(C)(C)C. The Hall–Kier alpha value is -0.580. The molecule has 1 atom stereocenters. The van der Waals surface area contributed by atoms with Crippen LogP contribution in [0.1, 0.15) is 34.1 Å². The van der Waals surface area contributed by atoms with Gasteiger partial charge in [-0.05, 0) is 27.2 Å². The first kappa shape index (κ1) is 14.4. The van der Waals surface area contributed by atoms with Gasteiger partial charge in [0.2, 0.25) is 0 Å². The first-order valence-electron chi connectivity index (χ1n) is 5.30. The largest absolute Gasteiger partial charge is 0.370 e. The zero-order valence-electron chi connectivity index (χ0n) is 10.2. The Bertz CT molecular complexity index is 233. The molecule has 0 saturated heterocycles. The van der Waals surface area contributed by atoms with Gasteiger partial charge in [0, 0.05) is 34.4 Å². The summed E-state index contributed by atoms with van der Waals surface area (Å²) in [5, 5.41) is 2.96. The molecule has 90 valence electrons. The van der Waals surface area contributed by atoms with E-state index in [-0.39, 0.29) is 4.75 Å². The molecule has 0 saturated carbocycles. The molecule has 0 aromatic rings. The van der Waals surface area contributed by atoms with Gasteiger partial charge in [-0.2, -0.15) is 0 Å². The van der Waals surface area contributed by atoms with Crippen LogP contribution in [0.5, 0.6) is 0 Å². The summed E-state index contributed by atoms with van der Waals surface area (Å²) < 4.78 is 11.5. The van der Waals surface area contributed by atoms with Crippen LogP contribution in [0.15, 0.2) is 4.99 Å². The third kappa shape index (κ3) is 7.36. The number of hydrogen-bond donors (Lipinski definition) is 2. The summed E-state index contributed by atoms with van der Waals surface area (Å²) in [7, 11) is -0.833. The zero-order valence-corrected chi connectivity index (χ0v) is 11.0. The van der Waals surface area contributed by atoms with Crippen LogP contribution in [-0.2, 0) is 10.8 Å². The predicted octanol–water partition coefficient (Wildman–Crippen LogP) is 0.848. The number of aliphatic imine (C=N–C) groups is 1. The Kier molecular flexibility index (Phi) is 6.56. The van der Waals surface area contributed by atoms with Gasteiger partial charge in [0.05, 0.1) is 0 Å². The average Bonchev–Trinajstić information content (AvgIpc) is 2.13. The Labute approximate surface area is 95.2 Å². The lowest BCUT2D eigenvalue weighted by atomic mass is 10.3. The predicted molar refractivity (Wildman–Crippen MR) is 67.5 cm³/mol. The molecule has 3 N–H and O–H groups in total. The molecule has 0 spiro atoms. The van der Waals surface area contributed by atoms with Gasteiger partial charge in [0.15, 0.2) is 5.96 Å². The molecule has 1 unspecified atom stereocenters. The number of nitrogens with two attached hydrogens (primary N) is 1. The third-order valence-corrected chi connectivity index (χ3v) is 3.72. The second-order valence-electron chi connectivity index (χ2n) is 4.36. The van der Waals surface area contributed by atoms with E-state index in [1.54, 1.807) is 0 Å². The minimum Gasteiger partial charge on any atom is -0.370 e. The lowest BCUT2D eigenvalue weighted by Crippen LogP contribution is -2.36. The molecule has 5 heteroatoms. The van der Waals surface area contributed by atoms with E-state index >= 15 is 0 Å². The molecule has 0 fully saturated rings. The fourth-order valence-electron chi connectivity index (χ4n) is 0.866. The van der Waals surface area contributed by atoms with Gasteiger partial charge in [-0.3, -0.25) is 9.20 Å². The minimum absolute atomic E-state index is 0.156. The summed E-state index contributed by atoms with van der Waals surface area (Å²) in [6.45, 7) is 9.31. The first-order chi connectivity index (χ1) is 6.88. The molecule has 0 aliphatic carbocycles. The van der Waals surface area contributed by atoms with Crippen LogP contribution in [0, 0.1) is 0 Å². The number of nitrogens with zero attached hydrogens (tertiary/aromatic N) is 1. The summed E-state index contributed by atoms with van der Waals surface area (Å²) in [6, 6.07) is 0. The van der Waals surface area contributed by atoms with Gasteiger partial charge in [-0.25, -0.2) is 0 Å². The summed E-state index contributed by atoms with van der Waals surface area (Å²) in [5.41, 5.74) is 5.59. The van der Waals surface area contributed by atoms with E-state index in [0.29, 0.717) is 18.3 Å². The molecular weight excluding hydrogens is 210 g/mol. The second kappa shape index (κ2) is 6.82. The Morgan fingerprint density at radius 3 is 2.53 bits per heavy atom. The molecule has 0 aliphatic heterocycles. The second-order valence-corrected chi connectivity index (χ2v) is 6.68. The summed E-state index contributed by atoms with van der Waals surface area (Å²) >= 11 is 0. The summed E-state index contributed by atoms with van der Waals surface area (Å²) in [6.07, 6.45) is 0.982. The molecule has 0 aliphatic rings. The zero-order chi connectivity index (χ0) is 11.9. The van der Waals surface area contributed by atoms with E-state index in [9.17, 15) is 4.21 Å². The maximum absolute atomic E-state index is 11.7. The molecule has 0 amide bonds. The fraction of sp³-hybridized carbons (Fsp3) is 0.900. The molecule has 0 bridgehead atoms. The molecule has 0 rings (SSSR count). The number of nitrogens with one attached hydrogen (secondary N) is 1. The highest BCUT2D eigenvalue weighted by atomic mass is 32.2. The molecule has 4 nitrogen and oxygen atoms in total. The van der Waals surface area contributed by atoms with Crippen molar-refractivity contribution in [2.24, 2.45) is 10.7 Å². The van der Waals surface area contributed by atoms with Crippen LogP contribution < -0.4 is 11.1 Å². The molecule has 0 aromatic carbocycles. The van der Waals surface area contributed by atoms with Gasteiger partial charge >= 0.3 is 0 Å². The van der Waals surface area contributed by atoms with E-state index in [2.05, 4.69) is 10.3 Å². The highest BCUT2D eigenvalue weighted by molar-refractivity contribution is 7.86. The van der Waals surface area contributed by atoms with E-state index in [4.69, 9.17) is 5.73 Å². The van der Waals surface area contributed by atoms with Crippen LogP contribution in [0.2, 0.25) is 0 Å². The maximum atomic E-state index is 11.7. The van der Waals surface area contributed by atoms with E-state index in [1.165, 1.54) is 0 Å². The summed E-state index contributed by atoms with van der Waals surface area (Å²) in [5.74, 6) is 1.05. The number of rotatable bonds is 5. The van der Waals surface area contributed by atoms with Crippen molar-refractivity contribution in [1.82, 2.24) is 5.32 Å². The molecule has 0 heterocycles. The standard InChI is InChI=1S/C10H23N3OS/c1-5-6-12-9(11)13-7-8-15(14)10(2,3)4/h5-8H2,1-4H3,(H3,11,12,13). The van der Waals surface area contributed by atoms with Crippen LogP contribution in [0.25, 0.3) is 0 Å². The lowest BCUT2D eigenvalue weighted by Gasteiger charge is -2.17. The smallest absolute Gasteiger partial charge is 0.188 e. The Morgan fingerprint density at radius 2 is 2.07 bits per heavy atom. The normalized spacial score (nSPS) is 15.1. The van der Waals surface area contributed by atoms with Gasteiger partial charge in [0.1, 0.15) is 0 Å². The molecule has 0 radical (unpaired) electrons. The monoisotopic (exact) mass is 233 g/mol. The highest BCUT2D eigenvalue weighted by Gasteiger charge is 2.18. The number of hydrogen-bond acceptors (Lipinski definition) is 2. The summed E-state index contributed by atoms with van der Waals surface area (Å²) in [4.78, 5) is 4.09. The van der Waals surface area contributed by atoms with Gasteiger partial charge in [-0.1, -0.05) is 6.92 Å². The van der Waals surface area contributed by atoms with Crippen molar-refractivity contribution in [2.75, 3.05) is 18.8 Å². The van der Waals surface area contributed by atoms with Crippen molar-refractivity contribution >= 4 is 16.8 Å². The van der Waals surface area contributed by atoms with Crippen LogP contribution in [0.3, 0.4) is 0 Å². The van der Waals surface area contributed by atoms with Crippen molar-refractivity contribution < 1.29 is 4.21 Å². The van der Waals surface area contributed by atoms with Crippen LogP contribution >= 0.6 is 0 Å². The van der Waals surface area contributed by atoms with Crippen molar-refractivity contribution in [2.45, 2.75) is 38.9 Å². The Morgan fingerprint density at radius 1 is 1.47 bits per heavy atom. The fourth-order valence-corrected chi connectivity index (χ4v) is 1.77. The first-order valence-corrected chi connectivity index (χ1v) is 6.62. The minimum atomic E-state index is -0.833. The maximum Gasteiger partial charge on any atom is 0.188 e. The van der Waals surface area contributed by atoms with Crippen molar-refractivity contribution in [3.63, 3.8) is 0 Å². The molecular formula is C10H23N3OS. The van der Waals surface area contributed by atoms with E-state index < -0.39 is 10.8 Å². The van der Waals surface area contributed by atoms with Crippen LogP contribution in [0.4, 0.5) is 0 Å². The third-order valence-electron chi connectivity index (χ3n) is 1.78. The van der Waals surface area contributed by atoms with E-state index in [0.717, 1.165) is 13.0 Å². The quantitative estimate of drug-likeness (QED) is 0.546. The number of guanidine groups is 1. The molecule has 0 aromatic heterocycles. The lowest BCUT2D eigenvalue weighted by molar-refractivity contribution is 0.647. The van der Waals surface area contributed by atoms with Crippen molar-refractivity contribution in [1.29, 1.82) is 0 Å². The van der Waals surface area contributed by atoms with Crippen molar-refractivity contribution in [3.05, 3.63) is 0 Å². The Balaban J connectivity index is 3.76. The average molecular weight is 233 g/mol.